The van der Waals surface area contributed by atoms with Gasteiger partial charge in [0.2, 0.25) is 0 Å². The lowest BCUT2D eigenvalue weighted by Gasteiger charge is -2.15. The van der Waals surface area contributed by atoms with Crippen LogP contribution >= 0.6 is 0 Å². The molecule has 2 heterocycles. The number of fused-ring (bicyclic) bond motifs is 1. The number of aryl methyl sites for hydroxylation is 1. The fourth-order valence-electron chi connectivity index (χ4n) is 2.17. The number of aromatic nitrogens is 2. The number of ketones is 1. The van der Waals surface area contributed by atoms with E-state index >= 15 is 0 Å². The number of carbonyl (C=O) groups excluding carboxylic acids is 1. The first-order valence-electron chi connectivity index (χ1n) is 6.93. The molecular weight excluding hydrogens is 264 g/mol. The van der Waals surface area contributed by atoms with Crippen LogP contribution in [0, 0.1) is 0 Å². The van der Waals surface area contributed by atoms with Crippen molar-refractivity contribution in [1.29, 1.82) is 0 Å². The van der Waals surface area contributed by atoms with Gasteiger partial charge in [0, 0.05) is 18.3 Å². The van der Waals surface area contributed by atoms with Gasteiger partial charge in [0.1, 0.15) is 12.4 Å². The average molecular weight is 280 g/mol. The fourth-order valence-corrected chi connectivity index (χ4v) is 2.17. The molecule has 0 unspecified atom stereocenters. The molecule has 0 fully saturated rings. The van der Waals surface area contributed by atoms with Gasteiger partial charge >= 0.3 is 0 Å². The summed E-state index contributed by atoms with van der Waals surface area (Å²) in [5.74, 6) is 0.833. The smallest absolute Gasteiger partial charge is 0.189 e. The Kier molecular flexibility index (Phi) is 3.69. The molecule has 1 aliphatic heterocycles. The van der Waals surface area contributed by atoms with Gasteiger partial charge in [-0.05, 0) is 30.7 Å². The van der Waals surface area contributed by atoms with Crippen molar-refractivity contribution in [3.63, 3.8) is 0 Å². The van der Waals surface area contributed by atoms with E-state index in [4.69, 9.17) is 4.74 Å². The normalized spacial score (nSPS) is 13.7. The minimum absolute atomic E-state index is 0.0468. The second-order valence-electron chi connectivity index (χ2n) is 4.83. The number of para-hydroxylation sites is 1. The minimum Gasteiger partial charge on any atom is -0.488 e. The van der Waals surface area contributed by atoms with Crippen LogP contribution in [0.5, 0.6) is 5.75 Å². The van der Waals surface area contributed by atoms with E-state index in [2.05, 4.69) is 5.10 Å². The lowest BCUT2D eigenvalue weighted by molar-refractivity contribution is 0.104. The summed E-state index contributed by atoms with van der Waals surface area (Å²) in [5, 5.41) is 4.10. The first-order valence-corrected chi connectivity index (χ1v) is 6.93. The fraction of sp³-hybridized carbons (Fsp3) is 0.176. The SMILES string of the molecule is CCn1cc(C(=O)/C=C\C2=Cc3ccccc3OC2)cn1. The topological polar surface area (TPSA) is 44.1 Å². The van der Waals surface area contributed by atoms with E-state index in [1.165, 1.54) is 0 Å². The Balaban J connectivity index is 1.75. The highest BCUT2D eigenvalue weighted by Crippen LogP contribution is 2.26. The average Bonchev–Trinajstić information content (AvgIpc) is 3.01. The largest absolute Gasteiger partial charge is 0.488 e. The molecule has 1 aliphatic rings. The van der Waals surface area contributed by atoms with E-state index in [0.717, 1.165) is 23.4 Å². The Labute approximate surface area is 123 Å². The summed E-state index contributed by atoms with van der Waals surface area (Å²) >= 11 is 0. The molecule has 1 aromatic heterocycles. The Hall–Kier alpha value is -2.62. The van der Waals surface area contributed by atoms with Gasteiger partial charge in [-0.2, -0.15) is 5.10 Å². The Morgan fingerprint density at radius 1 is 1.43 bits per heavy atom. The number of allylic oxidation sites excluding steroid dienone is 1. The number of benzene rings is 1. The van der Waals surface area contributed by atoms with Crippen molar-refractivity contribution in [2.45, 2.75) is 13.5 Å². The van der Waals surface area contributed by atoms with Crippen molar-refractivity contribution in [2.24, 2.45) is 0 Å². The first kappa shape index (κ1) is 13.4. The third-order valence-electron chi connectivity index (χ3n) is 3.34. The van der Waals surface area contributed by atoms with Crippen molar-refractivity contribution < 1.29 is 9.53 Å². The van der Waals surface area contributed by atoms with Gasteiger partial charge in [-0.3, -0.25) is 9.48 Å². The van der Waals surface area contributed by atoms with Crippen molar-refractivity contribution in [3.05, 3.63) is 65.5 Å². The van der Waals surface area contributed by atoms with Crippen molar-refractivity contribution >= 4 is 11.9 Å². The number of hydrogen-bond acceptors (Lipinski definition) is 3. The van der Waals surface area contributed by atoms with E-state index < -0.39 is 0 Å². The zero-order valence-corrected chi connectivity index (χ0v) is 11.8. The molecule has 4 heteroatoms. The quantitative estimate of drug-likeness (QED) is 0.638. The zero-order valence-electron chi connectivity index (χ0n) is 11.8. The summed E-state index contributed by atoms with van der Waals surface area (Å²) in [6, 6.07) is 7.85. The van der Waals surface area contributed by atoms with Crippen molar-refractivity contribution in [2.75, 3.05) is 6.61 Å². The molecule has 0 spiro atoms. The minimum atomic E-state index is -0.0468. The molecule has 21 heavy (non-hydrogen) atoms. The van der Waals surface area contributed by atoms with E-state index in [9.17, 15) is 4.79 Å². The summed E-state index contributed by atoms with van der Waals surface area (Å²) in [4.78, 5) is 12.1. The number of rotatable bonds is 4. The summed E-state index contributed by atoms with van der Waals surface area (Å²) in [7, 11) is 0. The highest BCUT2D eigenvalue weighted by molar-refractivity contribution is 6.04. The van der Waals surface area contributed by atoms with Crippen LogP contribution < -0.4 is 4.74 Å². The molecule has 0 saturated carbocycles. The molecule has 106 valence electrons. The summed E-state index contributed by atoms with van der Waals surface area (Å²) in [6.07, 6.45) is 8.77. The number of ether oxygens (including phenoxy) is 1. The lowest BCUT2D eigenvalue weighted by atomic mass is 10.1. The van der Waals surface area contributed by atoms with Gasteiger partial charge in [-0.15, -0.1) is 0 Å². The van der Waals surface area contributed by atoms with Crippen molar-refractivity contribution in [3.8, 4) is 5.75 Å². The van der Waals surface area contributed by atoms with Gasteiger partial charge in [0.25, 0.3) is 0 Å². The Morgan fingerprint density at radius 2 is 2.29 bits per heavy atom. The lowest BCUT2D eigenvalue weighted by Crippen LogP contribution is -2.06. The third-order valence-corrected chi connectivity index (χ3v) is 3.34. The van der Waals surface area contributed by atoms with Crippen LogP contribution in [-0.4, -0.2) is 22.2 Å². The van der Waals surface area contributed by atoms with Crippen LogP contribution in [0.4, 0.5) is 0 Å². The summed E-state index contributed by atoms with van der Waals surface area (Å²) in [6.45, 7) is 3.22. The van der Waals surface area contributed by atoms with Gasteiger partial charge in [0.05, 0.1) is 11.8 Å². The van der Waals surface area contributed by atoms with E-state index in [-0.39, 0.29) is 5.78 Å². The van der Waals surface area contributed by atoms with Crippen LogP contribution in [0.3, 0.4) is 0 Å². The predicted molar refractivity (Wildman–Crippen MR) is 81.3 cm³/mol. The highest BCUT2D eigenvalue weighted by Gasteiger charge is 2.09. The summed E-state index contributed by atoms with van der Waals surface area (Å²) < 4.78 is 7.38. The highest BCUT2D eigenvalue weighted by atomic mass is 16.5. The maximum Gasteiger partial charge on any atom is 0.189 e. The van der Waals surface area contributed by atoms with Crippen LogP contribution in [0.25, 0.3) is 6.08 Å². The van der Waals surface area contributed by atoms with Crippen LogP contribution in [0.1, 0.15) is 22.8 Å². The molecule has 0 atom stereocenters. The molecule has 0 N–H and O–H groups in total. The van der Waals surface area contributed by atoms with Gasteiger partial charge in [-0.25, -0.2) is 0 Å². The zero-order chi connectivity index (χ0) is 14.7. The van der Waals surface area contributed by atoms with E-state index in [1.54, 1.807) is 23.2 Å². The van der Waals surface area contributed by atoms with Crippen LogP contribution in [0.15, 0.2) is 54.4 Å². The maximum atomic E-state index is 12.1. The number of nitrogens with zero attached hydrogens (tertiary/aromatic N) is 2. The van der Waals surface area contributed by atoms with E-state index in [1.807, 2.05) is 43.3 Å². The molecule has 0 amide bonds. The number of hydrogen-bond donors (Lipinski definition) is 0. The molecule has 1 aromatic carbocycles. The van der Waals surface area contributed by atoms with Crippen LogP contribution in [0.2, 0.25) is 0 Å². The predicted octanol–water partition coefficient (Wildman–Crippen LogP) is 3.12. The second kappa shape index (κ2) is 5.79. The third kappa shape index (κ3) is 2.94. The van der Waals surface area contributed by atoms with Gasteiger partial charge < -0.3 is 4.74 Å². The molecule has 0 radical (unpaired) electrons. The van der Waals surface area contributed by atoms with Crippen LogP contribution in [-0.2, 0) is 6.54 Å². The molecule has 3 rings (SSSR count). The standard InChI is InChI=1S/C17H16N2O2/c1-2-19-11-15(10-18-19)16(20)8-7-13-9-14-5-3-4-6-17(14)21-12-13/h3-11H,2,12H2,1H3/b8-7-. The monoisotopic (exact) mass is 280 g/mol. The van der Waals surface area contributed by atoms with Gasteiger partial charge in [0.15, 0.2) is 5.78 Å². The molecule has 0 bridgehead atoms. The van der Waals surface area contributed by atoms with Gasteiger partial charge in [-0.1, -0.05) is 24.3 Å². The van der Waals surface area contributed by atoms with Crippen molar-refractivity contribution in [1.82, 2.24) is 9.78 Å². The Bertz CT molecular complexity index is 726. The molecule has 4 nitrogen and oxygen atoms in total. The second-order valence-corrected chi connectivity index (χ2v) is 4.83. The maximum absolute atomic E-state index is 12.1. The van der Waals surface area contributed by atoms with E-state index in [0.29, 0.717) is 12.2 Å². The summed E-state index contributed by atoms with van der Waals surface area (Å²) in [5.41, 5.74) is 2.62. The number of carbonyl (C=O) groups is 1. The first-order chi connectivity index (χ1) is 10.3. The molecule has 0 saturated heterocycles. The Morgan fingerprint density at radius 3 is 3.10 bits per heavy atom. The molecule has 0 aliphatic carbocycles. The molecule has 2 aromatic rings. The molecular formula is C17H16N2O2.